The number of benzene rings is 4. The largest absolute Gasteiger partial charge is 0.344 e. The first-order valence-corrected chi connectivity index (χ1v) is 19.8. The minimum Gasteiger partial charge on any atom is -0.344 e. The van der Waals surface area contributed by atoms with E-state index in [1.807, 2.05) is 137 Å². The fourth-order valence-electron chi connectivity index (χ4n) is 3.11. The summed E-state index contributed by atoms with van der Waals surface area (Å²) < 4.78 is 0. The SMILES string of the molecule is C=O.C=O.C=O.C=O.C=O.C=O.C=O.C=O.CC.CC.CCC.CCC.CCC.CCC.CCc1ccc(C(=O)c2ccccc2)cc1.CCc1ccc2ccccc2c1.N.N.N.N.N.N. The Labute approximate surface area is 404 Å². The number of rotatable bonds is 4. The van der Waals surface area contributed by atoms with Crippen molar-refractivity contribution in [2.24, 2.45) is 0 Å². The van der Waals surface area contributed by atoms with Gasteiger partial charge in [0, 0.05) is 11.1 Å². The van der Waals surface area contributed by atoms with Crippen LogP contribution in [0.25, 0.3) is 10.8 Å². The van der Waals surface area contributed by atoms with E-state index in [1.54, 1.807) is 0 Å². The zero-order valence-corrected chi connectivity index (χ0v) is 44.6. The number of hydrogen-bond donors (Lipinski definition) is 6. The Hall–Kier alpha value is -6.07. The molecule has 66 heavy (non-hydrogen) atoms. The zero-order valence-electron chi connectivity index (χ0n) is 44.6. The Kier molecular flexibility index (Phi) is 260. The van der Waals surface area contributed by atoms with Crippen molar-refractivity contribution in [3.63, 3.8) is 0 Å². The highest BCUT2D eigenvalue weighted by Gasteiger charge is 2.07. The molecule has 0 saturated heterocycles. The minimum absolute atomic E-state index is 0. The van der Waals surface area contributed by atoms with Crippen LogP contribution in [0, 0.1) is 0 Å². The monoisotopic (exact) mass is 945 g/mol. The molecule has 18 N–H and O–H groups in total. The number of hydrogen-bond acceptors (Lipinski definition) is 15. The molecular weight excluding hydrogens is 841 g/mol. The van der Waals surface area contributed by atoms with Crippen molar-refractivity contribution in [1.29, 1.82) is 0 Å². The van der Waals surface area contributed by atoms with Crippen LogP contribution in [-0.2, 0) is 51.2 Å². The highest BCUT2D eigenvalue weighted by Crippen LogP contribution is 2.15. The van der Waals surface area contributed by atoms with Crippen LogP contribution in [-0.4, -0.2) is 60.1 Å². The number of aryl methyl sites for hydroxylation is 2. The van der Waals surface area contributed by atoms with Gasteiger partial charge in [-0.25, -0.2) is 0 Å². The van der Waals surface area contributed by atoms with Crippen molar-refractivity contribution in [1.82, 2.24) is 36.9 Å². The molecule has 15 nitrogen and oxygen atoms in total. The van der Waals surface area contributed by atoms with Gasteiger partial charge in [0.1, 0.15) is 54.3 Å². The third-order valence-electron chi connectivity index (χ3n) is 4.88. The van der Waals surface area contributed by atoms with Crippen LogP contribution in [0.5, 0.6) is 0 Å². The van der Waals surface area contributed by atoms with E-state index in [-0.39, 0.29) is 42.7 Å². The van der Waals surface area contributed by atoms with Crippen molar-refractivity contribution in [3.8, 4) is 0 Å². The fraction of sp³-hybridized carbons (Fsp3) is 0.392. The van der Waals surface area contributed by atoms with Gasteiger partial charge in [0.2, 0.25) is 0 Å². The summed E-state index contributed by atoms with van der Waals surface area (Å²) in [6.45, 7) is 45.3. The lowest BCUT2D eigenvalue weighted by molar-refractivity contribution is -0.0987. The van der Waals surface area contributed by atoms with E-state index >= 15 is 0 Å². The molecule has 0 aliphatic heterocycles. The number of ketones is 1. The van der Waals surface area contributed by atoms with Crippen LogP contribution in [0.2, 0.25) is 0 Å². The average molecular weight is 945 g/mol. The second kappa shape index (κ2) is 145. The molecule has 0 aromatic heterocycles. The molecule has 0 atom stereocenters. The number of carbonyl (C=O) groups is 9. The predicted octanol–water partition coefficient (Wildman–Crippen LogP) is 14.1. The third-order valence-corrected chi connectivity index (χ3v) is 4.88. The molecular formula is C51H104N6O9. The zero-order chi connectivity index (χ0) is 50.6. The summed E-state index contributed by atoms with van der Waals surface area (Å²) in [6, 6.07) is 32.3. The third kappa shape index (κ3) is 97.3. The lowest BCUT2D eigenvalue weighted by Gasteiger charge is -2.02. The second-order valence-electron chi connectivity index (χ2n) is 9.61. The Morgan fingerprint density at radius 2 is 0.545 bits per heavy atom. The van der Waals surface area contributed by atoms with Crippen LogP contribution in [0.15, 0.2) is 97.1 Å². The molecule has 0 fully saturated rings. The number of fused-ring (bicyclic) bond motifs is 1. The summed E-state index contributed by atoms with van der Waals surface area (Å²) in [5, 5.41) is 2.67. The van der Waals surface area contributed by atoms with E-state index in [0.29, 0.717) is 0 Å². The van der Waals surface area contributed by atoms with Gasteiger partial charge in [-0.2, -0.15) is 0 Å². The summed E-state index contributed by atoms with van der Waals surface area (Å²) in [5.41, 5.74) is 4.16. The first kappa shape index (κ1) is 118. The van der Waals surface area contributed by atoms with Gasteiger partial charge in [-0.1, -0.05) is 220 Å². The van der Waals surface area contributed by atoms with Gasteiger partial charge in [-0.05, 0) is 34.7 Å². The van der Waals surface area contributed by atoms with E-state index < -0.39 is 0 Å². The van der Waals surface area contributed by atoms with E-state index in [4.69, 9.17) is 38.4 Å². The standard InChI is InChI=1S/C15H14O.C12H12.4C3H8.2C2H6.8CH2O.6H3N/c1-2-12-8-10-14(11-9-12)15(16)13-6-4-3-5-7-13;1-2-10-7-8-11-5-3-4-6-12(11)9-10;4*1-3-2;10*1-2;;;;;;/h3-11H,2H2,1H3;3-9H,2H2,1H3;4*3H2,1-2H3;2*1-2H3;8*1H2;6*1H3. The predicted molar refractivity (Wildman–Crippen MR) is 293 cm³/mol. The summed E-state index contributed by atoms with van der Waals surface area (Å²) in [5.74, 6) is 0.0863. The van der Waals surface area contributed by atoms with Crippen molar-refractivity contribution in [3.05, 3.63) is 119 Å². The summed E-state index contributed by atoms with van der Waals surface area (Å²) in [7, 11) is 0. The van der Waals surface area contributed by atoms with E-state index in [0.717, 1.165) is 24.0 Å². The maximum Gasteiger partial charge on any atom is 0.193 e. The molecule has 392 valence electrons. The highest BCUT2D eigenvalue weighted by molar-refractivity contribution is 6.08. The Bertz CT molecular complexity index is 1250. The molecule has 4 rings (SSSR count). The second-order valence-corrected chi connectivity index (χ2v) is 9.61. The number of carbonyl (C=O) groups excluding carboxylic acids is 9. The smallest absolute Gasteiger partial charge is 0.193 e. The van der Waals surface area contributed by atoms with Crippen molar-refractivity contribution in [2.75, 3.05) is 0 Å². The van der Waals surface area contributed by atoms with Gasteiger partial charge in [-0.3, -0.25) is 4.79 Å². The van der Waals surface area contributed by atoms with Crippen molar-refractivity contribution < 1.29 is 43.2 Å². The van der Waals surface area contributed by atoms with Crippen molar-refractivity contribution in [2.45, 2.75) is 135 Å². The lowest BCUT2D eigenvalue weighted by Crippen LogP contribution is -2.00. The van der Waals surface area contributed by atoms with Crippen LogP contribution in [0.3, 0.4) is 0 Å². The summed E-state index contributed by atoms with van der Waals surface area (Å²) in [6.07, 6.45) is 7.12. The molecule has 0 aliphatic rings. The molecule has 4 aromatic carbocycles. The minimum atomic E-state index is 0. The molecule has 4 aromatic rings. The summed E-state index contributed by atoms with van der Waals surface area (Å²) >= 11 is 0. The molecule has 0 amide bonds. The van der Waals surface area contributed by atoms with Gasteiger partial charge in [0.25, 0.3) is 0 Å². The molecule has 0 spiro atoms. The highest BCUT2D eigenvalue weighted by atomic mass is 16.1. The fourth-order valence-corrected chi connectivity index (χ4v) is 3.11. The van der Waals surface area contributed by atoms with Crippen LogP contribution in [0.1, 0.15) is 150 Å². The first-order valence-electron chi connectivity index (χ1n) is 19.8. The van der Waals surface area contributed by atoms with Gasteiger partial charge in [-0.15, -0.1) is 0 Å². The quantitative estimate of drug-likeness (QED) is 0.104. The van der Waals surface area contributed by atoms with Gasteiger partial charge >= 0.3 is 0 Å². The molecule has 0 radical (unpaired) electrons. The van der Waals surface area contributed by atoms with E-state index in [1.165, 1.54) is 47.6 Å². The average Bonchev–Trinajstić information content (AvgIpc) is 3.36. The molecule has 0 saturated carbocycles. The lowest BCUT2D eigenvalue weighted by atomic mass is 10.0. The molecule has 0 heterocycles. The molecule has 0 aliphatic carbocycles. The van der Waals surface area contributed by atoms with Gasteiger partial charge in [0.05, 0.1) is 0 Å². The van der Waals surface area contributed by atoms with Crippen LogP contribution in [0.4, 0.5) is 0 Å². The van der Waals surface area contributed by atoms with Gasteiger partial charge < -0.3 is 75.3 Å². The maximum atomic E-state index is 12.0. The first-order chi connectivity index (χ1) is 29.4. The molecule has 0 bridgehead atoms. The van der Waals surface area contributed by atoms with E-state index in [9.17, 15) is 4.79 Å². The molecule has 15 heteroatoms. The van der Waals surface area contributed by atoms with Gasteiger partial charge in [0.15, 0.2) is 5.78 Å². The van der Waals surface area contributed by atoms with Crippen LogP contribution < -0.4 is 36.9 Å². The Morgan fingerprint density at radius 1 is 0.318 bits per heavy atom. The summed E-state index contributed by atoms with van der Waals surface area (Å²) in [4.78, 5) is 76.0. The maximum absolute atomic E-state index is 12.0. The topological polar surface area (TPSA) is 364 Å². The normalized spacial score (nSPS) is 6.09. The van der Waals surface area contributed by atoms with E-state index in [2.05, 4.69) is 112 Å². The van der Waals surface area contributed by atoms with Crippen molar-refractivity contribution >= 4 is 70.9 Å². The Balaban J connectivity index is -0.0000000259. The van der Waals surface area contributed by atoms with Crippen LogP contribution >= 0.6 is 0 Å². The molecule has 0 unspecified atom stereocenters. The Morgan fingerprint density at radius 3 is 0.818 bits per heavy atom.